The Hall–Kier alpha value is -3.10. The quantitative estimate of drug-likeness (QED) is 0.573. The fraction of sp³-hybridized carbons (Fsp3) is 0.630. The van der Waals surface area contributed by atoms with Crippen LogP contribution in [-0.2, 0) is 23.9 Å². The molecular formula is C27H39N3O6. The minimum absolute atomic E-state index is 0.0698. The van der Waals surface area contributed by atoms with Crippen LogP contribution in [0.2, 0.25) is 0 Å². The molecule has 0 radical (unpaired) electrons. The molecule has 2 fully saturated rings. The molecule has 1 aromatic carbocycles. The Kier molecular flexibility index (Phi) is 8.98. The van der Waals surface area contributed by atoms with Crippen molar-refractivity contribution in [2.45, 2.75) is 83.9 Å². The molecule has 3 amide bonds. The highest BCUT2D eigenvalue weighted by Gasteiger charge is 2.53. The van der Waals surface area contributed by atoms with Crippen molar-refractivity contribution in [2.75, 3.05) is 19.0 Å². The Morgan fingerprint density at radius 2 is 1.75 bits per heavy atom. The standard InChI is InChI=1S/C27H39N3O6/c1-17-10-9-13-19(14-17)29-26(34)28-16-22(31)30-21(25(33)36-27(2,3)4)15-20(24(32)35-5)23(30)18-11-7-6-8-12-18/h9-10,13-14,18,20-21,23H,6-8,11-12,15-16H2,1-5H3,(H2,28,29,34). The van der Waals surface area contributed by atoms with Gasteiger partial charge in [0.05, 0.1) is 19.6 Å². The second-order valence-electron chi connectivity index (χ2n) is 10.8. The first-order chi connectivity index (χ1) is 17.0. The van der Waals surface area contributed by atoms with Crippen LogP contribution in [0, 0.1) is 18.8 Å². The topological polar surface area (TPSA) is 114 Å². The average molecular weight is 502 g/mol. The van der Waals surface area contributed by atoms with E-state index in [0.717, 1.165) is 37.7 Å². The van der Waals surface area contributed by atoms with Gasteiger partial charge in [-0.25, -0.2) is 9.59 Å². The lowest BCUT2D eigenvalue weighted by atomic mass is 9.79. The highest BCUT2D eigenvalue weighted by molar-refractivity contribution is 5.94. The summed E-state index contributed by atoms with van der Waals surface area (Å²) in [5.74, 6) is -1.96. The van der Waals surface area contributed by atoms with Gasteiger partial charge in [0.1, 0.15) is 11.6 Å². The van der Waals surface area contributed by atoms with Crippen LogP contribution in [0.3, 0.4) is 0 Å². The molecule has 2 N–H and O–H groups in total. The Morgan fingerprint density at radius 3 is 2.36 bits per heavy atom. The van der Waals surface area contributed by atoms with Crippen molar-refractivity contribution < 1.29 is 28.7 Å². The van der Waals surface area contributed by atoms with E-state index in [1.165, 1.54) is 12.0 Å². The first kappa shape index (κ1) is 27.5. The van der Waals surface area contributed by atoms with E-state index in [-0.39, 0.29) is 18.9 Å². The molecule has 3 atom stereocenters. The molecule has 1 saturated heterocycles. The average Bonchev–Trinajstić information content (AvgIpc) is 3.22. The van der Waals surface area contributed by atoms with Crippen LogP contribution in [0.15, 0.2) is 24.3 Å². The largest absolute Gasteiger partial charge is 0.469 e. The Labute approximate surface area is 213 Å². The van der Waals surface area contributed by atoms with Gasteiger partial charge < -0.3 is 25.0 Å². The monoisotopic (exact) mass is 501 g/mol. The maximum Gasteiger partial charge on any atom is 0.329 e. The number of ether oxygens (including phenoxy) is 2. The Bertz CT molecular complexity index is 967. The molecule has 1 heterocycles. The molecule has 2 aliphatic rings. The number of benzene rings is 1. The molecule has 198 valence electrons. The summed E-state index contributed by atoms with van der Waals surface area (Å²) in [5.41, 5.74) is 0.852. The lowest BCUT2D eigenvalue weighted by molar-refractivity contribution is -0.164. The number of aryl methyl sites for hydroxylation is 1. The molecule has 0 bridgehead atoms. The zero-order chi connectivity index (χ0) is 26.5. The highest BCUT2D eigenvalue weighted by Crippen LogP contribution is 2.41. The van der Waals surface area contributed by atoms with E-state index in [2.05, 4.69) is 10.6 Å². The normalized spacial score (nSPS) is 22.6. The third kappa shape index (κ3) is 6.98. The number of rotatable bonds is 6. The van der Waals surface area contributed by atoms with Crippen molar-refractivity contribution in [3.63, 3.8) is 0 Å². The lowest BCUT2D eigenvalue weighted by Gasteiger charge is -2.38. The number of nitrogens with zero attached hydrogens (tertiary/aromatic N) is 1. The molecule has 0 spiro atoms. The number of amides is 3. The van der Waals surface area contributed by atoms with Gasteiger partial charge in [0.15, 0.2) is 0 Å². The zero-order valence-corrected chi connectivity index (χ0v) is 22.0. The summed E-state index contributed by atoms with van der Waals surface area (Å²) in [6, 6.07) is 5.39. The van der Waals surface area contributed by atoms with Gasteiger partial charge in [-0.15, -0.1) is 0 Å². The predicted octanol–water partition coefficient (Wildman–Crippen LogP) is 3.80. The summed E-state index contributed by atoms with van der Waals surface area (Å²) in [7, 11) is 1.32. The summed E-state index contributed by atoms with van der Waals surface area (Å²) >= 11 is 0. The summed E-state index contributed by atoms with van der Waals surface area (Å²) in [4.78, 5) is 53.6. The zero-order valence-electron chi connectivity index (χ0n) is 22.0. The Balaban J connectivity index is 1.82. The van der Waals surface area contributed by atoms with Crippen molar-refractivity contribution in [2.24, 2.45) is 11.8 Å². The number of hydrogen-bond donors (Lipinski definition) is 2. The fourth-order valence-corrected chi connectivity index (χ4v) is 5.38. The molecule has 1 saturated carbocycles. The number of likely N-dealkylation sites (tertiary alicyclic amines) is 1. The van der Waals surface area contributed by atoms with Crippen LogP contribution in [0.4, 0.5) is 10.5 Å². The summed E-state index contributed by atoms with van der Waals surface area (Å²) in [5, 5.41) is 5.32. The molecule has 9 nitrogen and oxygen atoms in total. The minimum atomic E-state index is -0.922. The van der Waals surface area contributed by atoms with Crippen LogP contribution >= 0.6 is 0 Å². The van der Waals surface area contributed by atoms with Gasteiger partial charge in [-0.2, -0.15) is 0 Å². The lowest BCUT2D eigenvalue weighted by Crippen LogP contribution is -2.53. The van der Waals surface area contributed by atoms with Crippen molar-refractivity contribution in [1.82, 2.24) is 10.2 Å². The Morgan fingerprint density at radius 1 is 1.06 bits per heavy atom. The van der Waals surface area contributed by atoms with Gasteiger partial charge in [-0.05, 0) is 70.6 Å². The molecule has 1 aromatic rings. The van der Waals surface area contributed by atoms with E-state index in [9.17, 15) is 19.2 Å². The van der Waals surface area contributed by atoms with Gasteiger partial charge >= 0.3 is 18.0 Å². The molecule has 3 unspecified atom stereocenters. The molecule has 0 aromatic heterocycles. The number of anilines is 1. The highest BCUT2D eigenvalue weighted by atomic mass is 16.6. The SMILES string of the molecule is COC(=O)C1CC(C(=O)OC(C)(C)C)N(C(=O)CNC(=O)Nc2cccc(C)c2)C1C1CCCCC1. The molecule has 1 aliphatic carbocycles. The van der Waals surface area contributed by atoms with Gasteiger partial charge in [0, 0.05) is 11.7 Å². The maximum absolute atomic E-state index is 13.6. The van der Waals surface area contributed by atoms with Crippen LogP contribution in [-0.4, -0.2) is 60.1 Å². The maximum atomic E-state index is 13.6. The summed E-state index contributed by atoms with van der Waals surface area (Å²) in [6.07, 6.45) is 4.99. The van der Waals surface area contributed by atoms with Crippen LogP contribution < -0.4 is 10.6 Å². The molecule has 3 rings (SSSR count). The molecule has 9 heteroatoms. The second kappa shape index (κ2) is 11.8. The minimum Gasteiger partial charge on any atom is -0.469 e. The van der Waals surface area contributed by atoms with E-state index in [0.29, 0.717) is 5.69 Å². The van der Waals surface area contributed by atoms with Crippen LogP contribution in [0.25, 0.3) is 0 Å². The predicted molar refractivity (Wildman–Crippen MR) is 135 cm³/mol. The second-order valence-corrected chi connectivity index (χ2v) is 10.8. The molecule has 1 aliphatic heterocycles. The van der Waals surface area contributed by atoms with E-state index in [1.807, 2.05) is 25.1 Å². The summed E-state index contributed by atoms with van der Waals surface area (Å²) in [6.45, 7) is 6.90. The number of carbonyl (C=O) groups excluding carboxylic acids is 4. The first-order valence-corrected chi connectivity index (χ1v) is 12.7. The fourth-order valence-electron chi connectivity index (χ4n) is 5.38. The van der Waals surface area contributed by atoms with E-state index < -0.39 is 47.5 Å². The van der Waals surface area contributed by atoms with Gasteiger partial charge in [0.25, 0.3) is 0 Å². The molecular weight excluding hydrogens is 462 g/mol. The van der Waals surface area contributed by atoms with Crippen LogP contribution in [0.1, 0.15) is 64.9 Å². The smallest absolute Gasteiger partial charge is 0.329 e. The van der Waals surface area contributed by atoms with Crippen molar-refractivity contribution in [1.29, 1.82) is 0 Å². The van der Waals surface area contributed by atoms with Gasteiger partial charge in [-0.3, -0.25) is 9.59 Å². The van der Waals surface area contributed by atoms with Gasteiger partial charge in [0.2, 0.25) is 5.91 Å². The van der Waals surface area contributed by atoms with Crippen LogP contribution in [0.5, 0.6) is 0 Å². The van der Waals surface area contributed by atoms with Gasteiger partial charge in [-0.1, -0.05) is 31.4 Å². The molecule has 36 heavy (non-hydrogen) atoms. The third-order valence-corrected chi connectivity index (χ3v) is 6.83. The van der Waals surface area contributed by atoms with E-state index >= 15 is 0 Å². The van der Waals surface area contributed by atoms with E-state index in [4.69, 9.17) is 9.47 Å². The first-order valence-electron chi connectivity index (χ1n) is 12.7. The van der Waals surface area contributed by atoms with Crippen molar-refractivity contribution >= 4 is 29.6 Å². The number of hydrogen-bond acceptors (Lipinski definition) is 6. The van der Waals surface area contributed by atoms with Crippen molar-refractivity contribution in [3.8, 4) is 0 Å². The van der Waals surface area contributed by atoms with Crippen molar-refractivity contribution in [3.05, 3.63) is 29.8 Å². The number of nitrogens with one attached hydrogen (secondary N) is 2. The van der Waals surface area contributed by atoms with E-state index in [1.54, 1.807) is 26.8 Å². The number of methoxy groups -OCH3 is 1. The number of carbonyl (C=O) groups is 4. The third-order valence-electron chi connectivity index (χ3n) is 6.83. The summed E-state index contributed by atoms with van der Waals surface area (Å²) < 4.78 is 10.7. The number of esters is 2. The number of urea groups is 1.